The fraction of sp³-hybridized carbons (Fsp3) is 0.591. The van der Waals surface area contributed by atoms with E-state index in [-0.39, 0.29) is 0 Å². The fourth-order valence-electron chi connectivity index (χ4n) is 3.76. The number of nitrogens with zero attached hydrogens (tertiary/aromatic N) is 4. The van der Waals surface area contributed by atoms with Crippen LogP contribution in [-0.4, -0.2) is 63.9 Å². The van der Waals surface area contributed by atoms with E-state index >= 15 is 0 Å². The highest BCUT2D eigenvalue weighted by Crippen LogP contribution is 2.15. The van der Waals surface area contributed by atoms with Crippen molar-refractivity contribution in [3.63, 3.8) is 0 Å². The molecule has 0 spiro atoms. The molecule has 3 rings (SSSR count). The first kappa shape index (κ1) is 20.8. The molecule has 1 unspecified atom stereocenters. The molecule has 154 valence electrons. The van der Waals surface area contributed by atoms with E-state index in [1.165, 1.54) is 24.8 Å². The van der Waals surface area contributed by atoms with Gasteiger partial charge in [-0.05, 0) is 57.6 Å². The maximum atomic E-state index is 10.2. The van der Waals surface area contributed by atoms with Crippen molar-refractivity contribution in [3.05, 3.63) is 48.0 Å². The van der Waals surface area contributed by atoms with Crippen molar-refractivity contribution in [1.29, 1.82) is 0 Å². The van der Waals surface area contributed by atoms with Crippen LogP contribution in [0.2, 0.25) is 0 Å². The average Bonchev–Trinajstić information content (AvgIpc) is 3.15. The molecule has 0 aliphatic carbocycles. The largest absolute Gasteiger partial charge is 0.491 e. The van der Waals surface area contributed by atoms with Crippen molar-refractivity contribution in [2.45, 2.75) is 51.9 Å². The van der Waals surface area contributed by atoms with Crippen LogP contribution in [0.5, 0.6) is 5.75 Å². The van der Waals surface area contributed by atoms with Crippen LogP contribution in [0.3, 0.4) is 0 Å². The molecule has 1 saturated heterocycles. The lowest BCUT2D eigenvalue weighted by Crippen LogP contribution is -2.38. The van der Waals surface area contributed by atoms with Gasteiger partial charge >= 0.3 is 0 Å². The van der Waals surface area contributed by atoms with Crippen LogP contribution < -0.4 is 4.74 Å². The number of aliphatic hydroxyl groups is 1. The number of rotatable bonds is 10. The van der Waals surface area contributed by atoms with Crippen LogP contribution in [0.15, 0.2) is 36.7 Å². The Morgan fingerprint density at radius 1 is 1.14 bits per heavy atom. The lowest BCUT2D eigenvalue weighted by Gasteiger charge is -2.28. The molecule has 1 aromatic heterocycles. The van der Waals surface area contributed by atoms with Gasteiger partial charge in [-0.2, -0.15) is 0 Å². The molecule has 0 saturated carbocycles. The maximum absolute atomic E-state index is 10.2. The van der Waals surface area contributed by atoms with Crippen LogP contribution in [-0.2, 0) is 19.6 Å². The normalized spacial score (nSPS) is 16.4. The van der Waals surface area contributed by atoms with Gasteiger partial charge in [0.15, 0.2) is 0 Å². The van der Waals surface area contributed by atoms with Crippen molar-refractivity contribution >= 4 is 0 Å². The second-order valence-corrected chi connectivity index (χ2v) is 7.77. The molecule has 6 nitrogen and oxygen atoms in total. The van der Waals surface area contributed by atoms with Gasteiger partial charge in [0.25, 0.3) is 0 Å². The number of ether oxygens (including phenoxy) is 1. The summed E-state index contributed by atoms with van der Waals surface area (Å²) in [5.41, 5.74) is 1.23. The number of benzene rings is 1. The molecule has 1 aromatic carbocycles. The molecule has 0 radical (unpaired) electrons. The molecular formula is C22H34N4O2. The van der Waals surface area contributed by atoms with Crippen molar-refractivity contribution in [2.24, 2.45) is 0 Å². The summed E-state index contributed by atoms with van der Waals surface area (Å²) in [5, 5.41) is 10.2. The summed E-state index contributed by atoms with van der Waals surface area (Å²) in [5.74, 6) is 1.90. The molecule has 2 heterocycles. The number of hydrogen-bond acceptors (Lipinski definition) is 5. The quantitative estimate of drug-likeness (QED) is 0.680. The summed E-state index contributed by atoms with van der Waals surface area (Å²) >= 11 is 0. The smallest absolute Gasteiger partial charge is 0.122 e. The van der Waals surface area contributed by atoms with E-state index in [1.54, 1.807) is 0 Å². The number of aryl methyl sites for hydroxylation is 1. The zero-order valence-electron chi connectivity index (χ0n) is 17.3. The third-order valence-electron chi connectivity index (χ3n) is 5.29. The van der Waals surface area contributed by atoms with Gasteiger partial charge in [0.1, 0.15) is 24.3 Å². The number of β-amino-alcohol motifs (C(OH)–C–C–N with tert-alkyl or cyclic N) is 1. The summed E-state index contributed by atoms with van der Waals surface area (Å²) in [4.78, 5) is 9.03. The summed E-state index contributed by atoms with van der Waals surface area (Å²) in [6, 6.07) is 8.16. The SMILES string of the molecule is CCn1ccnc1CN(C)Cc1ccc(OCC(O)CN2CCCCC2)cc1. The van der Waals surface area contributed by atoms with Crippen molar-refractivity contribution in [1.82, 2.24) is 19.4 Å². The van der Waals surface area contributed by atoms with E-state index in [4.69, 9.17) is 4.74 Å². The summed E-state index contributed by atoms with van der Waals surface area (Å²) in [7, 11) is 2.11. The van der Waals surface area contributed by atoms with Crippen molar-refractivity contribution in [3.8, 4) is 5.75 Å². The Morgan fingerprint density at radius 3 is 2.61 bits per heavy atom. The molecular weight excluding hydrogens is 352 g/mol. The van der Waals surface area contributed by atoms with Gasteiger partial charge < -0.3 is 19.3 Å². The molecule has 28 heavy (non-hydrogen) atoms. The predicted molar refractivity (Wildman–Crippen MR) is 111 cm³/mol. The summed E-state index contributed by atoms with van der Waals surface area (Å²) in [6.07, 6.45) is 7.24. The van der Waals surface area contributed by atoms with E-state index in [9.17, 15) is 5.11 Å². The lowest BCUT2D eigenvalue weighted by atomic mass is 10.1. The van der Waals surface area contributed by atoms with Crippen LogP contribution in [0.25, 0.3) is 0 Å². The Labute approximate surface area is 168 Å². The number of imidazole rings is 1. The summed E-state index contributed by atoms with van der Waals surface area (Å²) in [6.45, 7) is 7.99. The Bertz CT molecular complexity index is 695. The monoisotopic (exact) mass is 386 g/mol. The molecule has 6 heteroatoms. The highest BCUT2D eigenvalue weighted by Gasteiger charge is 2.15. The molecule has 1 N–H and O–H groups in total. The van der Waals surface area contributed by atoms with E-state index in [1.807, 2.05) is 24.5 Å². The van der Waals surface area contributed by atoms with E-state index in [0.717, 1.165) is 44.3 Å². The third-order valence-corrected chi connectivity index (χ3v) is 5.29. The third kappa shape index (κ3) is 6.33. The van der Waals surface area contributed by atoms with Gasteiger partial charge in [-0.1, -0.05) is 18.6 Å². The first-order valence-corrected chi connectivity index (χ1v) is 10.4. The molecule has 1 aliphatic heterocycles. The highest BCUT2D eigenvalue weighted by atomic mass is 16.5. The summed E-state index contributed by atoms with van der Waals surface area (Å²) < 4.78 is 7.95. The zero-order chi connectivity index (χ0) is 19.8. The molecule has 0 bridgehead atoms. The Morgan fingerprint density at radius 2 is 1.89 bits per heavy atom. The molecule has 0 amide bonds. The average molecular weight is 387 g/mol. The minimum Gasteiger partial charge on any atom is -0.491 e. The van der Waals surface area contributed by atoms with E-state index in [0.29, 0.717) is 13.2 Å². The van der Waals surface area contributed by atoms with Crippen LogP contribution in [0, 0.1) is 0 Å². The zero-order valence-corrected chi connectivity index (χ0v) is 17.3. The topological polar surface area (TPSA) is 53.8 Å². The maximum Gasteiger partial charge on any atom is 0.122 e. The first-order valence-electron chi connectivity index (χ1n) is 10.4. The number of hydrogen-bond donors (Lipinski definition) is 1. The Balaban J connectivity index is 1.41. The Kier molecular flexibility index (Phi) is 7.89. The van der Waals surface area contributed by atoms with Gasteiger partial charge in [0.2, 0.25) is 0 Å². The van der Waals surface area contributed by atoms with Gasteiger partial charge in [-0.3, -0.25) is 4.90 Å². The van der Waals surface area contributed by atoms with Crippen LogP contribution in [0.4, 0.5) is 0 Å². The molecule has 1 fully saturated rings. The minimum absolute atomic E-state index is 0.343. The standard InChI is InChI=1S/C22H34N4O2/c1-3-26-14-11-23-22(26)17-24(2)15-19-7-9-21(10-8-19)28-18-20(27)16-25-12-5-4-6-13-25/h7-11,14,20,27H,3-6,12-13,15-18H2,1-2H3. The van der Waals surface area contributed by atoms with Crippen LogP contribution in [0.1, 0.15) is 37.6 Å². The van der Waals surface area contributed by atoms with E-state index < -0.39 is 6.10 Å². The van der Waals surface area contributed by atoms with Gasteiger partial charge in [-0.15, -0.1) is 0 Å². The van der Waals surface area contributed by atoms with Crippen molar-refractivity contribution in [2.75, 3.05) is 33.3 Å². The fourth-order valence-corrected chi connectivity index (χ4v) is 3.76. The Hall–Kier alpha value is -1.89. The number of piperidine rings is 1. The number of aliphatic hydroxyl groups excluding tert-OH is 1. The van der Waals surface area contributed by atoms with Crippen LogP contribution >= 0.6 is 0 Å². The first-order chi connectivity index (χ1) is 13.6. The van der Waals surface area contributed by atoms with Gasteiger partial charge in [0, 0.05) is 32.0 Å². The highest BCUT2D eigenvalue weighted by molar-refractivity contribution is 5.27. The number of aromatic nitrogens is 2. The van der Waals surface area contributed by atoms with Crippen molar-refractivity contribution < 1.29 is 9.84 Å². The molecule has 2 aromatic rings. The van der Waals surface area contributed by atoms with Gasteiger partial charge in [-0.25, -0.2) is 4.98 Å². The number of likely N-dealkylation sites (tertiary alicyclic amines) is 1. The predicted octanol–water partition coefficient (Wildman–Crippen LogP) is 2.76. The molecule has 1 atom stereocenters. The lowest BCUT2D eigenvalue weighted by molar-refractivity contribution is 0.0617. The van der Waals surface area contributed by atoms with E-state index in [2.05, 4.69) is 45.5 Å². The van der Waals surface area contributed by atoms with Gasteiger partial charge in [0.05, 0.1) is 6.54 Å². The molecule has 1 aliphatic rings. The minimum atomic E-state index is -0.439. The second-order valence-electron chi connectivity index (χ2n) is 7.77. The second kappa shape index (κ2) is 10.6.